The van der Waals surface area contributed by atoms with Gasteiger partial charge in [0.2, 0.25) is 0 Å². The molecule has 1 unspecified atom stereocenters. The molecule has 4 nitrogen and oxygen atoms in total. The summed E-state index contributed by atoms with van der Waals surface area (Å²) in [5, 5.41) is 18.1. The molecule has 1 atom stereocenters. The monoisotopic (exact) mass is 301 g/mol. The van der Waals surface area contributed by atoms with E-state index in [4.69, 9.17) is 11.6 Å². The smallest absolute Gasteiger partial charge is 0.124 e. The Morgan fingerprint density at radius 1 is 1.50 bits per heavy atom. The highest BCUT2D eigenvalue weighted by molar-refractivity contribution is 9.10. The molecule has 2 aromatic rings. The third-order valence-electron chi connectivity index (χ3n) is 2.31. The molecule has 0 saturated heterocycles. The van der Waals surface area contributed by atoms with Crippen molar-refractivity contribution < 1.29 is 5.11 Å². The van der Waals surface area contributed by atoms with Crippen molar-refractivity contribution in [1.82, 2.24) is 15.0 Å². The van der Waals surface area contributed by atoms with Crippen molar-refractivity contribution in [3.8, 4) is 0 Å². The molecular weight excluding hydrogens is 293 g/mol. The molecular formula is C10H9BrClN3O. The lowest BCUT2D eigenvalue weighted by atomic mass is 10.1. The fraction of sp³-hybridized carbons (Fsp3) is 0.200. The van der Waals surface area contributed by atoms with Crippen LogP contribution in [0.1, 0.15) is 17.4 Å². The topological polar surface area (TPSA) is 50.9 Å². The molecule has 0 spiro atoms. The molecule has 0 amide bonds. The van der Waals surface area contributed by atoms with Gasteiger partial charge in [-0.15, -0.1) is 5.10 Å². The summed E-state index contributed by atoms with van der Waals surface area (Å²) in [7, 11) is 1.72. The second-order valence-corrected chi connectivity index (χ2v) is 4.56. The molecule has 84 valence electrons. The Hall–Kier alpha value is -0.910. The average Bonchev–Trinajstić information content (AvgIpc) is 2.68. The lowest BCUT2D eigenvalue weighted by molar-refractivity contribution is 0.210. The van der Waals surface area contributed by atoms with E-state index in [9.17, 15) is 5.11 Å². The third kappa shape index (κ3) is 1.98. The minimum atomic E-state index is -0.829. The van der Waals surface area contributed by atoms with Crippen LogP contribution < -0.4 is 0 Å². The maximum Gasteiger partial charge on any atom is 0.124 e. The maximum absolute atomic E-state index is 10.2. The van der Waals surface area contributed by atoms with Crippen molar-refractivity contribution in [2.24, 2.45) is 7.05 Å². The number of hydrogen-bond donors (Lipinski definition) is 1. The van der Waals surface area contributed by atoms with E-state index >= 15 is 0 Å². The zero-order chi connectivity index (χ0) is 11.7. The number of benzene rings is 1. The number of hydrogen-bond acceptors (Lipinski definition) is 3. The first-order valence-corrected chi connectivity index (χ1v) is 5.75. The Morgan fingerprint density at radius 2 is 2.25 bits per heavy atom. The van der Waals surface area contributed by atoms with Crippen LogP contribution in [0.3, 0.4) is 0 Å². The number of nitrogens with zero attached hydrogens (tertiary/aromatic N) is 3. The number of aromatic nitrogens is 3. The predicted molar refractivity (Wildman–Crippen MR) is 64.2 cm³/mol. The third-order valence-corrected chi connectivity index (χ3v) is 3.62. The molecule has 1 aromatic carbocycles. The van der Waals surface area contributed by atoms with Gasteiger partial charge in [0, 0.05) is 17.1 Å². The van der Waals surface area contributed by atoms with Gasteiger partial charge in [-0.05, 0) is 22.0 Å². The minimum absolute atomic E-state index is 0.496. The lowest BCUT2D eigenvalue weighted by Gasteiger charge is -2.12. The van der Waals surface area contributed by atoms with Crippen molar-refractivity contribution >= 4 is 27.5 Å². The Bertz CT molecular complexity index is 515. The lowest BCUT2D eigenvalue weighted by Crippen LogP contribution is -2.07. The highest BCUT2D eigenvalue weighted by atomic mass is 79.9. The molecule has 2 rings (SSSR count). The van der Waals surface area contributed by atoms with Crippen LogP contribution in [0.5, 0.6) is 0 Å². The highest BCUT2D eigenvalue weighted by Crippen LogP contribution is 2.32. The Balaban J connectivity index is 2.46. The van der Waals surface area contributed by atoms with E-state index in [2.05, 4.69) is 26.2 Å². The molecule has 1 aromatic heterocycles. The molecule has 0 aliphatic rings. The zero-order valence-electron chi connectivity index (χ0n) is 8.43. The van der Waals surface area contributed by atoms with Gasteiger partial charge in [-0.1, -0.05) is 28.9 Å². The minimum Gasteiger partial charge on any atom is -0.382 e. The van der Waals surface area contributed by atoms with Crippen molar-refractivity contribution in [3.05, 3.63) is 45.1 Å². The fourth-order valence-corrected chi connectivity index (χ4v) is 2.05. The second kappa shape index (κ2) is 4.53. The van der Waals surface area contributed by atoms with Crippen LogP contribution in [0.4, 0.5) is 0 Å². The van der Waals surface area contributed by atoms with E-state index in [1.165, 1.54) is 10.9 Å². The molecule has 0 saturated carbocycles. The quantitative estimate of drug-likeness (QED) is 0.926. The van der Waals surface area contributed by atoms with Gasteiger partial charge < -0.3 is 5.11 Å². The summed E-state index contributed by atoms with van der Waals surface area (Å²) in [6, 6.07) is 5.41. The van der Waals surface area contributed by atoms with Gasteiger partial charge in [0.15, 0.2) is 0 Å². The molecule has 0 aliphatic carbocycles. The van der Waals surface area contributed by atoms with Crippen molar-refractivity contribution in [3.63, 3.8) is 0 Å². The summed E-state index contributed by atoms with van der Waals surface area (Å²) in [4.78, 5) is 0. The molecule has 0 fully saturated rings. The average molecular weight is 303 g/mol. The van der Waals surface area contributed by atoms with Crippen molar-refractivity contribution in [2.75, 3.05) is 0 Å². The highest BCUT2D eigenvalue weighted by Gasteiger charge is 2.18. The largest absolute Gasteiger partial charge is 0.382 e. The number of rotatable bonds is 2. The first-order valence-electron chi connectivity index (χ1n) is 4.58. The van der Waals surface area contributed by atoms with Crippen LogP contribution in [0, 0.1) is 0 Å². The molecule has 6 heteroatoms. The second-order valence-electron chi connectivity index (χ2n) is 3.33. The van der Waals surface area contributed by atoms with Gasteiger partial charge in [0.25, 0.3) is 0 Å². The van der Waals surface area contributed by atoms with Gasteiger partial charge in [0.1, 0.15) is 6.10 Å². The SMILES string of the molecule is Cn1nncc1C(O)c1cccc(Br)c1Cl. The summed E-state index contributed by atoms with van der Waals surface area (Å²) in [5.41, 5.74) is 1.22. The van der Waals surface area contributed by atoms with Gasteiger partial charge in [0.05, 0.1) is 16.9 Å². The van der Waals surface area contributed by atoms with Crippen LogP contribution in [-0.4, -0.2) is 20.1 Å². The van der Waals surface area contributed by atoms with E-state index in [0.29, 0.717) is 16.3 Å². The molecule has 0 radical (unpaired) electrons. The van der Waals surface area contributed by atoms with E-state index in [0.717, 1.165) is 4.47 Å². The first kappa shape index (κ1) is 11.6. The van der Waals surface area contributed by atoms with E-state index in [-0.39, 0.29) is 0 Å². The molecule has 16 heavy (non-hydrogen) atoms. The van der Waals surface area contributed by atoms with Crippen molar-refractivity contribution in [1.29, 1.82) is 0 Å². The summed E-state index contributed by atoms with van der Waals surface area (Å²) in [5.74, 6) is 0. The molecule has 0 bridgehead atoms. The number of aliphatic hydroxyl groups excluding tert-OH is 1. The van der Waals surface area contributed by atoms with E-state index < -0.39 is 6.10 Å². The summed E-state index contributed by atoms with van der Waals surface area (Å²) in [6.45, 7) is 0. The van der Waals surface area contributed by atoms with Gasteiger partial charge in [-0.25, -0.2) is 4.68 Å². The van der Waals surface area contributed by atoms with Crippen LogP contribution >= 0.6 is 27.5 Å². The van der Waals surface area contributed by atoms with Gasteiger partial charge in [-0.3, -0.25) is 0 Å². The van der Waals surface area contributed by atoms with Crippen LogP contribution in [0.2, 0.25) is 5.02 Å². The van der Waals surface area contributed by atoms with E-state index in [1.54, 1.807) is 13.1 Å². The normalized spacial score (nSPS) is 12.8. The first-order chi connectivity index (χ1) is 7.61. The summed E-state index contributed by atoms with van der Waals surface area (Å²) < 4.78 is 2.27. The molecule has 1 N–H and O–H groups in total. The number of aryl methyl sites for hydroxylation is 1. The maximum atomic E-state index is 10.2. The Kier molecular flexibility index (Phi) is 3.28. The van der Waals surface area contributed by atoms with Gasteiger partial charge in [-0.2, -0.15) is 0 Å². The molecule has 1 heterocycles. The standard InChI is InChI=1S/C10H9BrClN3O/c1-15-8(5-13-14-15)10(16)6-3-2-4-7(11)9(6)12/h2-5,10,16H,1H3. The number of halogens is 2. The van der Waals surface area contributed by atoms with Crippen molar-refractivity contribution in [2.45, 2.75) is 6.10 Å². The Morgan fingerprint density at radius 3 is 2.88 bits per heavy atom. The van der Waals surface area contributed by atoms with E-state index in [1.807, 2.05) is 12.1 Å². The molecule has 0 aliphatic heterocycles. The fourth-order valence-electron chi connectivity index (χ4n) is 1.44. The summed E-state index contributed by atoms with van der Waals surface area (Å²) >= 11 is 9.42. The van der Waals surface area contributed by atoms with Crippen LogP contribution in [0.15, 0.2) is 28.9 Å². The number of aliphatic hydroxyl groups is 1. The van der Waals surface area contributed by atoms with Crippen LogP contribution in [0.25, 0.3) is 0 Å². The Labute approximate surface area is 106 Å². The van der Waals surface area contributed by atoms with Gasteiger partial charge >= 0.3 is 0 Å². The predicted octanol–water partition coefficient (Wildman–Crippen LogP) is 2.31. The van der Waals surface area contributed by atoms with Crippen LogP contribution in [-0.2, 0) is 7.05 Å². The zero-order valence-corrected chi connectivity index (χ0v) is 10.8. The summed E-state index contributed by atoms with van der Waals surface area (Å²) in [6.07, 6.45) is 0.687.